The highest BCUT2D eigenvalue weighted by molar-refractivity contribution is 5.85. The molecule has 124 valence electrons. The molecule has 1 atom stereocenters. The largest absolute Gasteiger partial charge is 0.459 e. The highest BCUT2D eigenvalue weighted by atomic mass is 16.3. The van der Waals surface area contributed by atoms with Crippen molar-refractivity contribution in [2.45, 2.75) is 19.9 Å². The van der Waals surface area contributed by atoms with Crippen LogP contribution in [0.4, 0.5) is 0 Å². The molecule has 2 rings (SSSR count). The third-order valence-corrected chi connectivity index (χ3v) is 3.44. The Morgan fingerprint density at radius 1 is 1.35 bits per heavy atom. The summed E-state index contributed by atoms with van der Waals surface area (Å²) in [7, 11) is 3.43. The lowest BCUT2D eigenvalue weighted by atomic mass is 10.2. The minimum absolute atomic E-state index is 0.0430. The van der Waals surface area contributed by atoms with Crippen LogP contribution >= 0.6 is 0 Å². The number of aliphatic imine (C=N–C) groups is 1. The summed E-state index contributed by atoms with van der Waals surface area (Å²) >= 11 is 0. The van der Waals surface area contributed by atoms with Crippen molar-refractivity contribution in [1.82, 2.24) is 15.5 Å². The minimum Gasteiger partial charge on any atom is -0.459 e. The maximum atomic E-state index is 11.7. The van der Waals surface area contributed by atoms with Gasteiger partial charge in [0.15, 0.2) is 5.96 Å². The molecular weight excluding hydrogens is 292 g/mol. The number of rotatable bonds is 5. The van der Waals surface area contributed by atoms with Crippen LogP contribution < -0.4 is 10.6 Å². The molecule has 0 saturated carbocycles. The number of guanidine groups is 1. The number of nitrogens with one attached hydrogen (secondary N) is 2. The Morgan fingerprint density at radius 3 is 2.74 bits per heavy atom. The summed E-state index contributed by atoms with van der Waals surface area (Å²) in [6, 6.07) is 9.85. The number of para-hydroxylation sites is 1. The molecule has 0 spiro atoms. The van der Waals surface area contributed by atoms with Crippen LogP contribution in [0.25, 0.3) is 11.0 Å². The van der Waals surface area contributed by atoms with Crippen molar-refractivity contribution >= 4 is 22.8 Å². The summed E-state index contributed by atoms with van der Waals surface area (Å²) in [6.45, 7) is 4.80. The smallest absolute Gasteiger partial charge is 0.243 e. The van der Waals surface area contributed by atoms with Gasteiger partial charge in [-0.05, 0) is 26.0 Å². The first-order valence-electron chi connectivity index (χ1n) is 7.74. The van der Waals surface area contributed by atoms with Crippen LogP contribution in [-0.4, -0.2) is 44.0 Å². The van der Waals surface area contributed by atoms with Gasteiger partial charge in [0, 0.05) is 26.0 Å². The average Bonchev–Trinajstić information content (AvgIpc) is 2.96. The molecule has 1 unspecified atom stereocenters. The third-order valence-electron chi connectivity index (χ3n) is 3.44. The van der Waals surface area contributed by atoms with Crippen molar-refractivity contribution in [3.05, 3.63) is 36.1 Å². The van der Waals surface area contributed by atoms with E-state index in [2.05, 4.69) is 15.6 Å². The zero-order valence-corrected chi connectivity index (χ0v) is 14.1. The number of carbonyl (C=O) groups excluding carboxylic acids is 1. The van der Waals surface area contributed by atoms with Gasteiger partial charge in [0.2, 0.25) is 5.91 Å². The predicted molar refractivity (Wildman–Crippen MR) is 92.4 cm³/mol. The Hall–Kier alpha value is -2.50. The zero-order chi connectivity index (χ0) is 16.8. The van der Waals surface area contributed by atoms with Crippen molar-refractivity contribution in [3.63, 3.8) is 0 Å². The van der Waals surface area contributed by atoms with E-state index >= 15 is 0 Å². The van der Waals surface area contributed by atoms with E-state index in [1.165, 1.54) is 4.90 Å². The van der Waals surface area contributed by atoms with Gasteiger partial charge < -0.3 is 20.0 Å². The molecule has 0 bridgehead atoms. The normalized spacial score (nSPS) is 13.0. The topological polar surface area (TPSA) is 69.9 Å². The molecule has 2 N–H and O–H groups in total. The van der Waals surface area contributed by atoms with E-state index in [0.717, 1.165) is 23.3 Å². The molecule has 0 saturated heterocycles. The first-order chi connectivity index (χ1) is 11.0. The SMILES string of the molecule is CCNC(=NCC(=O)N(C)C)NC(C)c1cc2ccccc2o1. The molecule has 1 amide bonds. The van der Waals surface area contributed by atoms with Gasteiger partial charge in [0.1, 0.15) is 17.9 Å². The van der Waals surface area contributed by atoms with Crippen LogP contribution in [0, 0.1) is 0 Å². The highest BCUT2D eigenvalue weighted by Gasteiger charge is 2.13. The number of furan rings is 1. The van der Waals surface area contributed by atoms with E-state index < -0.39 is 0 Å². The molecule has 6 nitrogen and oxygen atoms in total. The van der Waals surface area contributed by atoms with Gasteiger partial charge >= 0.3 is 0 Å². The second-order valence-corrected chi connectivity index (χ2v) is 5.54. The Morgan fingerprint density at radius 2 is 2.09 bits per heavy atom. The summed E-state index contributed by atoms with van der Waals surface area (Å²) in [5.74, 6) is 1.38. The lowest BCUT2D eigenvalue weighted by Crippen LogP contribution is -2.39. The molecule has 0 radical (unpaired) electrons. The fraction of sp³-hybridized carbons (Fsp3) is 0.412. The second-order valence-electron chi connectivity index (χ2n) is 5.54. The molecule has 1 heterocycles. The van der Waals surface area contributed by atoms with Crippen molar-refractivity contribution < 1.29 is 9.21 Å². The van der Waals surface area contributed by atoms with Crippen LogP contribution in [0.5, 0.6) is 0 Å². The van der Waals surface area contributed by atoms with Crippen LogP contribution in [0.2, 0.25) is 0 Å². The number of hydrogen-bond acceptors (Lipinski definition) is 3. The molecule has 0 fully saturated rings. The summed E-state index contributed by atoms with van der Waals surface area (Å²) in [5, 5.41) is 7.47. The molecule has 0 aliphatic heterocycles. The van der Waals surface area contributed by atoms with Gasteiger partial charge in [-0.1, -0.05) is 18.2 Å². The Labute approximate surface area is 136 Å². The highest BCUT2D eigenvalue weighted by Crippen LogP contribution is 2.23. The summed E-state index contributed by atoms with van der Waals surface area (Å²) in [4.78, 5) is 17.5. The number of hydrogen-bond donors (Lipinski definition) is 2. The number of amides is 1. The molecule has 0 aliphatic rings. The van der Waals surface area contributed by atoms with Crippen LogP contribution in [-0.2, 0) is 4.79 Å². The predicted octanol–water partition coefficient (Wildman–Crippen LogP) is 2.14. The average molecular weight is 316 g/mol. The minimum atomic E-state index is -0.0605. The Bertz CT molecular complexity index is 658. The number of benzene rings is 1. The summed E-state index contributed by atoms with van der Waals surface area (Å²) in [6.07, 6.45) is 0. The fourth-order valence-electron chi connectivity index (χ4n) is 2.10. The van der Waals surface area contributed by atoms with E-state index in [1.54, 1.807) is 14.1 Å². The quantitative estimate of drug-likeness (QED) is 0.655. The van der Waals surface area contributed by atoms with Crippen molar-refractivity contribution in [1.29, 1.82) is 0 Å². The molecule has 0 aliphatic carbocycles. The molecule has 1 aromatic heterocycles. The van der Waals surface area contributed by atoms with Gasteiger partial charge in [-0.25, -0.2) is 4.99 Å². The van der Waals surface area contributed by atoms with E-state index in [-0.39, 0.29) is 18.5 Å². The molecule has 1 aromatic carbocycles. The zero-order valence-electron chi connectivity index (χ0n) is 14.1. The summed E-state index contributed by atoms with van der Waals surface area (Å²) in [5.41, 5.74) is 0.862. The van der Waals surface area contributed by atoms with E-state index in [1.807, 2.05) is 44.2 Å². The lowest BCUT2D eigenvalue weighted by Gasteiger charge is -2.16. The van der Waals surface area contributed by atoms with Gasteiger partial charge in [0.05, 0.1) is 6.04 Å². The third kappa shape index (κ3) is 4.48. The standard InChI is InChI=1S/C17H24N4O2/c1-5-18-17(19-11-16(22)21(3)4)20-12(2)15-10-13-8-6-7-9-14(13)23-15/h6-10,12H,5,11H2,1-4H3,(H2,18,19,20). The van der Waals surface area contributed by atoms with Crippen molar-refractivity contribution in [2.75, 3.05) is 27.2 Å². The maximum Gasteiger partial charge on any atom is 0.243 e. The first kappa shape index (κ1) is 16.9. The first-order valence-corrected chi connectivity index (χ1v) is 7.74. The van der Waals surface area contributed by atoms with Gasteiger partial charge in [-0.15, -0.1) is 0 Å². The maximum absolute atomic E-state index is 11.7. The van der Waals surface area contributed by atoms with Crippen LogP contribution in [0.15, 0.2) is 39.7 Å². The Kier molecular flexibility index (Phi) is 5.62. The van der Waals surface area contributed by atoms with Crippen LogP contribution in [0.1, 0.15) is 25.6 Å². The van der Waals surface area contributed by atoms with Crippen LogP contribution in [0.3, 0.4) is 0 Å². The molecule has 6 heteroatoms. The van der Waals surface area contributed by atoms with Gasteiger partial charge in [-0.2, -0.15) is 0 Å². The van der Waals surface area contributed by atoms with Gasteiger partial charge in [0.25, 0.3) is 0 Å². The van der Waals surface area contributed by atoms with E-state index in [9.17, 15) is 4.79 Å². The van der Waals surface area contributed by atoms with E-state index in [0.29, 0.717) is 5.96 Å². The summed E-state index contributed by atoms with van der Waals surface area (Å²) < 4.78 is 5.85. The Balaban J connectivity index is 2.08. The van der Waals surface area contributed by atoms with Crippen molar-refractivity contribution in [3.8, 4) is 0 Å². The number of carbonyl (C=O) groups is 1. The number of fused-ring (bicyclic) bond motifs is 1. The number of nitrogens with zero attached hydrogens (tertiary/aromatic N) is 2. The molecular formula is C17H24N4O2. The fourth-order valence-corrected chi connectivity index (χ4v) is 2.10. The van der Waals surface area contributed by atoms with Gasteiger partial charge in [-0.3, -0.25) is 4.79 Å². The number of likely N-dealkylation sites (N-methyl/N-ethyl adjacent to an activating group) is 1. The molecule has 2 aromatic rings. The van der Waals surface area contributed by atoms with E-state index in [4.69, 9.17) is 4.42 Å². The monoisotopic (exact) mass is 316 g/mol. The van der Waals surface area contributed by atoms with Crippen molar-refractivity contribution in [2.24, 2.45) is 4.99 Å². The lowest BCUT2D eigenvalue weighted by molar-refractivity contribution is -0.127. The molecule has 23 heavy (non-hydrogen) atoms. The second kappa shape index (κ2) is 7.67.